The summed E-state index contributed by atoms with van der Waals surface area (Å²) >= 11 is 0. The summed E-state index contributed by atoms with van der Waals surface area (Å²) in [6, 6.07) is 2.00. The van der Waals surface area contributed by atoms with Crippen molar-refractivity contribution in [1.29, 1.82) is 0 Å². The fraction of sp³-hybridized carbons (Fsp3) is 0.700. The van der Waals surface area contributed by atoms with Gasteiger partial charge in [0, 0.05) is 19.3 Å². The molecule has 13 heavy (non-hydrogen) atoms. The largest absolute Gasteiger partial charge is 0.325 e. The van der Waals surface area contributed by atoms with Crippen LogP contribution in [0.5, 0.6) is 0 Å². The fourth-order valence-corrected chi connectivity index (χ4v) is 1.86. The van der Waals surface area contributed by atoms with Crippen LogP contribution in [0.25, 0.3) is 0 Å². The van der Waals surface area contributed by atoms with Crippen molar-refractivity contribution < 1.29 is 0 Å². The maximum atomic E-state index is 5.49. The van der Waals surface area contributed by atoms with E-state index in [0.717, 1.165) is 24.1 Å². The number of hydrogen-bond donors (Lipinski definition) is 1. The van der Waals surface area contributed by atoms with Gasteiger partial charge in [-0.25, -0.2) is 0 Å². The van der Waals surface area contributed by atoms with E-state index in [0.29, 0.717) is 6.54 Å². The zero-order valence-electron chi connectivity index (χ0n) is 8.11. The van der Waals surface area contributed by atoms with E-state index in [-0.39, 0.29) is 0 Å². The van der Waals surface area contributed by atoms with E-state index in [1.54, 1.807) is 0 Å². The Kier molecular flexibility index (Phi) is 2.36. The van der Waals surface area contributed by atoms with Crippen LogP contribution in [0.2, 0.25) is 0 Å². The van der Waals surface area contributed by atoms with E-state index in [4.69, 9.17) is 5.73 Å². The molecule has 1 aromatic heterocycles. The van der Waals surface area contributed by atoms with E-state index in [2.05, 4.69) is 12.0 Å². The second-order valence-corrected chi connectivity index (χ2v) is 4.05. The van der Waals surface area contributed by atoms with Crippen LogP contribution >= 0.6 is 0 Å². The lowest BCUT2D eigenvalue weighted by Crippen LogP contribution is -2.27. The molecule has 3 heteroatoms. The molecule has 3 nitrogen and oxygen atoms in total. The standard InChI is InChI=1S/C10H17N3/c1-8-2-3-9(8)7-13-5-4-10(6-11)12-13/h4-5,8-9H,2-3,6-7,11H2,1H3/t8-,9+/m1/s1. The maximum absolute atomic E-state index is 5.49. The van der Waals surface area contributed by atoms with Crippen molar-refractivity contribution in [2.45, 2.75) is 32.9 Å². The minimum atomic E-state index is 0.549. The predicted molar refractivity (Wildman–Crippen MR) is 52.0 cm³/mol. The maximum Gasteiger partial charge on any atom is 0.0760 e. The van der Waals surface area contributed by atoms with Crippen molar-refractivity contribution in [1.82, 2.24) is 9.78 Å². The van der Waals surface area contributed by atoms with Gasteiger partial charge in [0.05, 0.1) is 5.69 Å². The topological polar surface area (TPSA) is 43.8 Å². The molecule has 0 amide bonds. The van der Waals surface area contributed by atoms with Gasteiger partial charge in [-0.2, -0.15) is 5.10 Å². The molecule has 1 heterocycles. The zero-order valence-corrected chi connectivity index (χ0v) is 8.11. The van der Waals surface area contributed by atoms with Crippen LogP contribution in [0.15, 0.2) is 12.3 Å². The van der Waals surface area contributed by atoms with Crippen molar-refractivity contribution in [2.24, 2.45) is 17.6 Å². The molecule has 1 saturated carbocycles. The summed E-state index contributed by atoms with van der Waals surface area (Å²) in [4.78, 5) is 0. The van der Waals surface area contributed by atoms with Crippen LogP contribution in [0, 0.1) is 11.8 Å². The van der Waals surface area contributed by atoms with Gasteiger partial charge >= 0.3 is 0 Å². The van der Waals surface area contributed by atoms with Gasteiger partial charge in [0.25, 0.3) is 0 Å². The quantitative estimate of drug-likeness (QED) is 0.762. The van der Waals surface area contributed by atoms with E-state index in [9.17, 15) is 0 Å². The Bertz CT molecular complexity index is 279. The number of rotatable bonds is 3. The highest BCUT2D eigenvalue weighted by Gasteiger charge is 2.26. The first kappa shape index (κ1) is 8.75. The lowest BCUT2D eigenvalue weighted by Gasteiger charge is -2.33. The summed E-state index contributed by atoms with van der Waals surface area (Å²) in [6.07, 6.45) is 4.78. The van der Waals surface area contributed by atoms with Gasteiger partial charge in [-0.1, -0.05) is 13.3 Å². The molecular formula is C10H17N3. The molecule has 0 unspecified atom stereocenters. The normalized spacial score (nSPS) is 27.2. The van der Waals surface area contributed by atoms with Gasteiger partial charge in [-0.05, 0) is 24.3 Å². The van der Waals surface area contributed by atoms with Crippen LogP contribution in [-0.2, 0) is 13.1 Å². The Hall–Kier alpha value is -0.830. The minimum Gasteiger partial charge on any atom is -0.325 e. The molecule has 1 aliphatic rings. The number of hydrogen-bond acceptors (Lipinski definition) is 2. The molecule has 0 spiro atoms. The highest BCUT2D eigenvalue weighted by molar-refractivity contribution is 4.98. The Balaban J connectivity index is 1.93. The minimum absolute atomic E-state index is 0.549. The smallest absolute Gasteiger partial charge is 0.0760 e. The van der Waals surface area contributed by atoms with Crippen molar-refractivity contribution in [3.05, 3.63) is 18.0 Å². The summed E-state index contributed by atoms with van der Waals surface area (Å²) in [6.45, 7) is 3.94. The van der Waals surface area contributed by atoms with Crippen LogP contribution in [0.1, 0.15) is 25.5 Å². The summed E-state index contributed by atoms with van der Waals surface area (Å²) in [5.74, 6) is 1.72. The van der Waals surface area contributed by atoms with Gasteiger partial charge in [0.2, 0.25) is 0 Å². The average molecular weight is 179 g/mol. The van der Waals surface area contributed by atoms with E-state index < -0.39 is 0 Å². The van der Waals surface area contributed by atoms with Crippen molar-refractivity contribution in [3.63, 3.8) is 0 Å². The molecule has 2 atom stereocenters. The molecule has 0 bridgehead atoms. The van der Waals surface area contributed by atoms with Gasteiger partial charge in [-0.15, -0.1) is 0 Å². The third-order valence-corrected chi connectivity index (χ3v) is 3.12. The molecule has 0 aromatic carbocycles. The highest BCUT2D eigenvalue weighted by atomic mass is 15.3. The van der Waals surface area contributed by atoms with Gasteiger partial charge in [-0.3, -0.25) is 4.68 Å². The van der Waals surface area contributed by atoms with Gasteiger partial charge < -0.3 is 5.73 Å². The first-order chi connectivity index (χ1) is 6.29. The number of nitrogens with two attached hydrogens (primary N) is 1. The molecule has 0 aliphatic heterocycles. The Labute approximate surface area is 78.9 Å². The van der Waals surface area contributed by atoms with Gasteiger partial charge in [0.1, 0.15) is 0 Å². The molecule has 0 saturated heterocycles. The average Bonchev–Trinajstić information content (AvgIpc) is 2.59. The van der Waals surface area contributed by atoms with E-state index in [1.807, 2.05) is 16.9 Å². The summed E-state index contributed by atoms with van der Waals surface area (Å²) < 4.78 is 2.03. The van der Waals surface area contributed by atoms with Crippen LogP contribution in [-0.4, -0.2) is 9.78 Å². The lowest BCUT2D eigenvalue weighted by molar-refractivity contribution is 0.165. The summed E-state index contributed by atoms with van der Waals surface area (Å²) in [7, 11) is 0. The summed E-state index contributed by atoms with van der Waals surface area (Å²) in [5, 5.41) is 4.38. The molecule has 72 valence electrons. The lowest BCUT2D eigenvalue weighted by atomic mass is 9.75. The second kappa shape index (κ2) is 3.50. The first-order valence-electron chi connectivity index (χ1n) is 5.02. The van der Waals surface area contributed by atoms with Crippen LogP contribution in [0.4, 0.5) is 0 Å². The second-order valence-electron chi connectivity index (χ2n) is 4.05. The SMILES string of the molecule is C[C@@H]1CC[C@H]1Cn1ccc(CN)n1. The first-order valence-corrected chi connectivity index (χ1v) is 5.02. The Morgan fingerprint density at radius 2 is 2.46 bits per heavy atom. The monoisotopic (exact) mass is 179 g/mol. The number of nitrogens with zero attached hydrogens (tertiary/aromatic N) is 2. The molecular weight excluding hydrogens is 162 g/mol. The van der Waals surface area contributed by atoms with Gasteiger partial charge in [0.15, 0.2) is 0 Å². The highest BCUT2D eigenvalue weighted by Crippen LogP contribution is 2.34. The third kappa shape index (κ3) is 1.75. The van der Waals surface area contributed by atoms with Crippen LogP contribution < -0.4 is 5.73 Å². The fourth-order valence-electron chi connectivity index (χ4n) is 1.86. The third-order valence-electron chi connectivity index (χ3n) is 3.12. The zero-order chi connectivity index (χ0) is 9.26. The van der Waals surface area contributed by atoms with Crippen LogP contribution in [0.3, 0.4) is 0 Å². The molecule has 1 fully saturated rings. The molecule has 1 aliphatic carbocycles. The van der Waals surface area contributed by atoms with Crippen molar-refractivity contribution >= 4 is 0 Å². The number of aromatic nitrogens is 2. The summed E-state index contributed by atoms with van der Waals surface area (Å²) in [5.41, 5.74) is 6.48. The predicted octanol–water partition coefficient (Wildman–Crippen LogP) is 1.39. The van der Waals surface area contributed by atoms with Crippen molar-refractivity contribution in [3.8, 4) is 0 Å². The Morgan fingerprint density at radius 1 is 1.62 bits per heavy atom. The molecule has 1 aromatic rings. The van der Waals surface area contributed by atoms with Crippen molar-refractivity contribution in [2.75, 3.05) is 0 Å². The molecule has 2 rings (SSSR count). The molecule has 2 N–H and O–H groups in total. The van der Waals surface area contributed by atoms with E-state index >= 15 is 0 Å². The molecule has 0 radical (unpaired) electrons. The van der Waals surface area contributed by atoms with E-state index in [1.165, 1.54) is 12.8 Å². The Morgan fingerprint density at radius 3 is 2.92 bits per heavy atom.